The zero-order valence-corrected chi connectivity index (χ0v) is 15.8. The zero-order valence-electron chi connectivity index (χ0n) is 15.8. The number of pyridine rings is 1. The Hall–Kier alpha value is -2.85. The quantitative estimate of drug-likeness (QED) is 0.811. The summed E-state index contributed by atoms with van der Waals surface area (Å²) in [4.78, 5) is 4.25. The number of aromatic hydroxyl groups is 1. The van der Waals surface area contributed by atoms with Crippen LogP contribution < -0.4 is 10.1 Å². The third-order valence-electron chi connectivity index (χ3n) is 6.04. The molecule has 1 atom stereocenters. The van der Waals surface area contributed by atoms with Crippen molar-refractivity contribution in [2.75, 3.05) is 13.1 Å². The van der Waals surface area contributed by atoms with Gasteiger partial charge in [-0.1, -0.05) is 36.4 Å². The highest BCUT2D eigenvalue weighted by atomic mass is 16.5. The lowest BCUT2D eigenvalue weighted by Crippen LogP contribution is -2.32. The van der Waals surface area contributed by atoms with Gasteiger partial charge in [0.25, 0.3) is 0 Å². The Morgan fingerprint density at radius 3 is 2.79 bits per heavy atom. The van der Waals surface area contributed by atoms with E-state index in [0.717, 1.165) is 48.4 Å². The summed E-state index contributed by atoms with van der Waals surface area (Å²) in [5, 5.41) is 13.9. The molecule has 0 spiro atoms. The largest absolute Gasteiger partial charge is 0.504 e. The van der Waals surface area contributed by atoms with Crippen LogP contribution in [0.5, 0.6) is 11.5 Å². The van der Waals surface area contributed by atoms with E-state index in [1.807, 2.05) is 18.3 Å². The van der Waals surface area contributed by atoms with Crippen LogP contribution in [0, 0.1) is 5.92 Å². The van der Waals surface area contributed by atoms with Gasteiger partial charge in [0.05, 0.1) is 0 Å². The van der Waals surface area contributed by atoms with Crippen molar-refractivity contribution in [2.45, 2.75) is 25.2 Å². The predicted octanol–water partition coefficient (Wildman–Crippen LogP) is 4.56. The summed E-state index contributed by atoms with van der Waals surface area (Å²) >= 11 is 0. The molecule has 2 aromatic rings. The van der Waals surface area contributed by atoms with Gasteiger partial charge in [-0.3, -0.25) is 4.98 Å². The molecule has 3 heterocycles. The lowest BCUT2D eigenvalue weighted by Gasteiger charge is -2.36. The summed E-state index contributed by atoms with van der Waals surface area (Å²) in [6.45, 7) is 2.09. The van der Waals surface area contributed by atoms with Crippen molar-refractivity contribution in [1.82, 2.24) is 10.3 Å². The zero-order chi connectivity index (χ0) is 18.9. The van der Waals surface area contributed by atoms with E-state index in [1.54, 1.807) is 12.3 Å². The first-order chi connectivity index (χ1) is 13.8. The van der Waals surface area contributed by atoms with Gasteiger partial charge in [-0.05, 0) is 60.7 Å². The van der Waals surface area contributed by atoms with Crippen LogP contribution in [-0.4, -0.2) is 23.2 Å². The minimum absolute atomic E-state index is 0.229. The number of rotatable bonds is 2. The first-order valence-corrected chi connectivity index (χ1v) is 10.0. The summed E-state index contributed by atoms with van der Waals surface area (Å²) in [5.41, 5.74) is 4.63. The Kier molecular flexibility index (Phi) is 4.49. The molecule has 1 aliphatic carbocycles. The van der Waals surface area contributed by atoms with E-state index in [9.17, 15) is 5.11 Å². The van der Waals surface area contributed by atoms with E-state index >= 15 is 0 Å². The second kappa shape index (κ2) is 7.28. The first-order valence-electron chi connectivity index (χ1n) is 10.0. The van der Waals surface area contributed by atoms with Gasteiger partial charge < -0.3 is 15.2 Å². The number of ether oxygens (including phenoxy) is 1. The monoisotopic (exact) mass is 372 g/mol. The second-order valence-electron chi connectivity index (χ2n) is 7.68. The number of piperidine rings is 1. The number of phenolic OH excluding ortho intramolecular Hbond substituents is 1. The Morgan fingerprint density at radius 1 is 1.07 bits per heavy atom. The van der Waals surface area contributed by atoms with Crippen LogP contribution in [0.3, 0.4) is 0 Å². The number of phenols is 1. The Balaban J connectivity index is 1.57. The van der Waals surface area contributed by atoms with Crippen molar-refractivity contribution < 1.29 is 9.84 Å². The highest BCUT2D eigenvalue weighted by Crippen LogP contribution is 2.50. The van der Waals surface area contributed by atoms with Crippen molar-refractivity contribution in [1.29, 1.82) is 0 Å². The summed E-state index contributed by atoms with van der Waals surface area (Å²) in [6.07, 6.45) is 13.3. The highest BCUT2D eigenvalue weighted by molar-refractivity contribution is 5.75. The molecule has 1 saturated heterocycles. The maximum absolute atomic E-state index is 10.5. The minimum Gasteiger partial charge on any atom is -0.504 e. The molecule has 2 aliphatic heterocycles. The van der Waals surface area contributed by atoms with Crippen LogP contribution in [0.2, 0.25) is 0 Å². The number of benzene rings is 1. The van der Waals surface area contributed by atoms with Gasteiger partial charge in [-0.2, -0.15) is 0 Å². The van der Waals surface area contributed by atoms with E-state index in [1.165, 1.54) is 5.57 Å². The summed E-state index contributed by atoms with van der Waals surface area (Å²) in [6, 6.07) is 9.80. The summed E-state index contributed by atoms with van der Waals surface area (Å²) in [5.74, 6) is 2.61. The number of para-hydroxylation sites is 1. The fourth-order valence-corrected chi connectivity index (χ4v) is 4.66. The Bertz CT molecular complexity index is 969. The van der Waals surface area contributed by atoms with Crippen molar-refractivity contribution in [2.24, 2.45) is 5.92 Å². The van der Waals surface area contributed by atoms with E-state index in [2.05, 4.69) is 40.7 Å². The van der Waals surface area contributed by atoms with Crippen molar-refractivity contribution in [3.8, 4) is 11.5 Å². The van der Waals surface area contributed by atoms with Gasteiger partial charge in [-0.25, -0.2) is 0 Å². The molecule has 0 radical (unpaired) electrons. The van der Waals surface area contributed by atoms with E-state index in [0.29, 0.717) is 18.1 Å². The molecule has 1 fully saturated rings. The molecule has 0 bridgehead atoms. The highest BCUT2D eigenvalue weighted by Gasteiger charge is 2.36. The topological polar surface area (TPSA) is 54.4 Å². The molecule has 1 aromatic heterocycles. The molecular weight excluding hydrogens is 348 g/mol. The van der Waals surface area contributed by atoms with Gasteiger partial charge in [0.15, 0.2) is 11.5 Å². The number of fused-ring (bicyclic) bond motifs is 1. The molecule has 1 aromatic carbocycles. The van der Waals surface area contributed by atoms with E-state index < -0.39 is 0 Å². The third-order valence-corrected chi connectivity index (χ3v) is 6.04. The smallest absolute Gasteiger partial charge is 0.172 e. The molecule has 4 nitrogen and oxygen atoms in total. The molecule has 3 aliphatic rings. The number of nitrogens with one attached hydrogen (secondary N) is 1. The normalized spacial score (nSPS) is 22.0. The van der Waals surface area contributed by atoms with Gasteiger partial charge in [0, 0.05) is 30.3 Å². The fourth-order valence-electron chi connectivity index (χ4n) is 4.66. The van der Waals surface area contributed by atoms with Gasteiger partial charge in [0.1, 0.15) is 5.76 Å². The van der Waals surface area contributed by atoms with E-state index in [-0.39, 0.29) is 11.7 Å². The molecule has 5 rings (SSSR count). The molecule has 1 unspecified atom stereocenters. The number of allylic oxidation sites excluding steroid dienone is 5. The first kappa shape index (κ1) is 17.3. The maximum atomic E-state index is 10.5. The molecule has 0 saturated carbocycles. The number of hydrogen-bond acceptors (Lipinski definition) is 4. The van der Waals surface area contributed by atoms with Crippen molar-refractivity contribution in [3.05, 3.63) is 83.4 Å². The molecule has 0 amide bonds. The number of nitrogens with zero attached hydrogens (tertiary/aromatic N) is 1. The van der Waals surface area contributed by atoms with Crippen molar-refractivity contribution in [3.63, 3.8) is 0 Å². The summed E-state index contributed by atoms with van der Waals surface area (Å²) in [7, 11) is 0. The van der Waals surface area contributed by atoms with Crippen molar-refractivity contribution >= 4 is 5.57 Å². The van der Waals surface area contributed by atoms with Gasteiger partial charge in [0.2, 0.25) is 0 Å². The average molecular weight is 372 g/mol. The standard InChI is InChI=1S/C24H24N2O2/c27-21-5-1-4-20-23(17-10-13-25-14-11-17)19-8-6-16(18-3-2-12-26-15-18)7-9-22(19)28-24(20)21/h1-8,12,15,17,23,25,27H,9-11,13-14H2. The second-order valence-corrected chi connectivity index (χ2v) is 7.68. The minimum atomic E-state index is 0.229. The summed E-state index contributed by atoms with van der Waals surface area (Å²) < 4.78 is 6.25. The maximum Gasteiger partial charge on any atom is 0.172 e. The molecule has 142 valence electrons. The van der Waals surface area contributed by atoms with Gasteiger partial charge in [-0.15, -0.1) is 0 Å². The van der Waals surface area contributed by atoms with Crippen LogP contribution in [0.15, 0.2) is 72.3 Å². The van der Waals surface area contributed by atoms with Gasteiger partial charge >= 0.3 is 0 Å². The SMILES string of the molecule is Oc1cccc2c1OC1=C(C=CC(c3cccnc3)=CC1)C2C1CCNCC1. The Labute approximate surface area is 165 Å². The lowest BCUT2D eigenvalue weighted by molar-refractivity contribution is 0.299. The van der Waals surface area contributed by atoms with Crippen LogP contribution in [0.25, 0.3) is 5.57 Å². The average Bonchev–Trinajstić information content (AvgIpc) is 2.96. The molecule has 2 N–H and O–H groups in total. The van der Waals surface area contributed by atoms with E-state index in [4.69, 9.17) is 4.74 Å². The molecular formula is C24H24N2O2. The fraction of sp³-hybridized carbons (Fsp3) is 0.292. The van der Waals surface area contributed by atoms with Crippen LogP contribution >= 0.6 is 0 Å². The number of aromatic nitrogens is 1. The lowest BCUT2D eigenvalue weighted by atomic mass is 9.74. The molecule has 4 heteroatoms. The molecule has 28 heavy (non-hydrogen) atoms. The third kappa shape index (κ3) is 3.04. The van der Waals surface area contributed by atoms with Crippen LogP contribution in [0.4, 0.5) is 0 Å². The van der Waals surface area contributed by atoms with Crippen LogP contribution in [-0.2, 0) is 0 Å². The Morgan fingerprint density at radius 2 is 1.96 bits per heavy atom. The van der Waals surface area contributed by atoms with Crippen LogP contribution in [0.1, 0.15) is 36.3 Å². The number of hydrogen-bond donors (Lipinski definition) is 2. The predicted molar refractivity (Wildman–Crippen MR) is 110 cm³/mol.